The Morgan fingerprint density at radius 2 is 1.68 bits per heavy atom. The normalized spacial score (nSPS) is 16.4. The van der Waals surface area contributed by atoms with Gasteiger partial charge < -0.3 is 15.0 Å². The van der Waals surface area contributed by atoms with Crippen LogP contribution in [-0.2, 0) is 0 Å². The molecule has 4 nitrogen and oxygen atoms in total. The molecule has 0 unspecified atom stereocenters. The van der Waals surface area contributed by atoms with Gasteiger partial charge in [-0.15, -0.1) is 0 Å². The zero-order valence-electron chi connectivity index (χ0n) is 19.6. The summed E-state index contributed by atoms with van der Waals surface area (Å²) in [4.78, 5) is 14.5. The minimum Gasteiger partial charge on any atom is -0.482 e. The maximum absolute atomic E-state index is 12.7. The second kappa shape index (κ2) is 10.1. The predicted octanol–water partition coefficient (Wildman–Crippen LogP) is 5.45. The minimum atomic E-state index is -0.253. The van der Waals surface area contributed by atoms with Crippen LogP contribution in [0.3, 0.4) is 0 Å². The van der Waals surface area contributed by atoms with Crippen LogP contribution in [0.2, 0.25) is 0 Å². The molecule has 0 radical (unpaired) electrons. The average Bonchev–Trinajstić information content (AvgIpc) is 2.81. The van der Waals surface area contributed by atoms with Gasteiger partial charge in [-0.2, -0.15) is 0 Å². The first-order chi connectivity index (χ1) is 15.1. The zero-order valence-corrected chi connectivity index (χ0v) is 19.6. The van der Waals surface area contributed by atoms with Gasteiger partial charge in [0.1, 0.15) is 11.4 Å². The standard InChI is InChI=1S/C25H30N2O2.C2H6/c1-4-27(5-2)24(28)20-11-9-19(10-12-20)21-17-25(13-15-26-16-14-25)29-22-8-6-7-18(3)23(21)22;1-2/h6-12,17,26H,4-5,13-16H2,1-3H3;1-2H3. The fourth-order valence-corrected chi connectivity index (χ4v) is 4.46. The summed E-state index contributed by atoms with van der Waals surface area (Å²) in [6, 6.07) is 14.4. The first-order valence-corrected chi connectivity index (χ1v) is 11.7. The lowest BCUT2D eigenvalue weighted by Crippen LogP contribution is -2.46. The highest BCUT2D eigenvalue weighted by Crippen LogP contribution is 2.43. The highest BCUT2D eigenvalue weighted by Gasteiger charge is 2.37. The van der Waals surface area contributed by atoms with Gasteiger partial charge >= 0.3 is 0 Å². The Kier molecular flexibility index (Phi) is 7.55. The van der Waals surface area contributed by atoms with Crippen LogP contribution >= 0.6 is 0 Å². The fraction of sp³-hybridized carbons (Fsp3) is 0.444. The van der Waals surface area contributed by atoms with Crippen molar-refractivity contribution in [2.75, 3.05) is 26.2 Å². The van der Waals surface area contributed by atoms with Crippen molar-refractivity contribution in [1.29, 1.82) is 0 Å². The van der Waals surface area contributed by atoms with Gasteiger partial charge in [-0.05, 0) is 74.8 Å². The monoisotopic (exact) mass is 420 g/mol. The lowest BCUT2D eigenvalue weighted by molar-refractivity contribution is 0.0772. The van der Waals surface area contributed by atoms with Crippen molar-refractivity contribution in [3.05, 3.63) is 70.8 Å². The van der Waals surface area contributed by atoms with Crippen LogP contribution in [-0.4, -0.2) is 42.6 Å². The number of benzene rings is 2. The summed E-state index contributed by atoms with van der Waals surface area (Å²) in [7, 11) is 0. The Bertz CT molecular complexity index is 921. The Morgan fingerprint density at radius 1 is 1.03 bits per heavy atom. The second-order valence-electron chi connectivity index (χ2n) is 7.98. The van der Waals surface area contributed by atoms with E-state index in [-0.39, 0.29) is 11.5 Å². The molecule has 31 heavy (non-hydrogen) atoms. The molecule has 2 aliphatic heterocycles. The van der Waals surface area contributed by atoms with Gasteiger partial charge in [0, 0.05) is 37.1 Å². The smallest absolute Gasteiger partial charge is 0.253 e. The van der Waals surface area contributed by atoms with Crippen molar-refractivity contribution in [2.45, 2.75) is 53.1 Å². The Morgan fingerprint density at radius 3 is 2.29 bits per heavy atom. The molecule has 0 aliphatic carbocycles. The van der Waals surface area contributed by atoms with E-state index in [0.29, 0.717) is 0 Å². The molecule has 4 rings (SSSR count). The van der Waals surface area contributed by atoms with E-state index < -0.39 is 0 Å². The molecule has 1 N–H and O–H groups in total. The third kappa shape index (κ3) is 4.69. The molecule has 1 fully saturated rings. The number of carbonyl (C=O) groups excluding carboxylic acids is 1. The van der Waals surface area contributed by atoms with E-state index in [4.69, 9.17) is 4.74 Å². The number of piperidine rings is 1. The van der Waals surface area contributed by atoms with E-state index in [9.17, 15) is 4.79 Å². The van der Waals surface area contributed by atoms with Gasteiger partial charge in [-0.3, -0.25) is 4.79 Å². The molecule has 1 saturated heterocycles. The van der Waals surface area contributed by atoms with Crippen LogP contribution in [0.4, 0.5) is 0 Å². The van der Waals surface area contributed by atoms with E-state index in [2.05, 4.69) is 48.6 Å². The maximum Gasteiger partial charge on any atom is 0.253 e. The largest absolute Gasteiger partial charge is 0.482 e. The number of aryl methyl sites for hydroxylation is 1. The van der Waals surface area contributed by atoms with Gasteiger partial charge in [-0.25, -0.2) is 0 Å². The third-order valence-corrected chi connectivity index (χ3v) is 6.17. The highest BCUT2D eigenvalue weighted by molar-refractivity contribution is 5.95. The van der Waals surface area contributed by atoms with E-state index in [0.717, 1.165) is 55.9 Å². The average molecular weight is 421 g/mol. The van der Waals surface area contributed by atoms with Crippen LogP contribution in [0.15, 0.2) is 48.5 Å². The molecule has 0 aromatic heterocycles. The van der Waals surface area contributed by atoms with Crippen LogP contribution in [0.1, 0.15) is 67.6 Å². The number of fused-ring (bicyclic) bond motifs is 1. The van der Waals surface area contributed by atoms with Crippen LogP contribution < -0.4 is 10.1 Å². The number of nitrogens with one attached hydrogen (secondary N) is 1. The van der Waals surface area contributed by atoms with Crippen molar-refractivity contribution in [2.24, 2.45) is 0 Å². The molecule has 1 amide bonds. The molecule has 2 aromatic carbocycles. The molecule has 2 aliphatic rings. The third-order valence-electron chi connectivity index (χ3n) is 6.17. The molecular weight excluding hydrogens is 384 g/mol. The summed E-state index contributed by atoms with van der Waals surface area (Å²) in [6.07, 6.45) is 4.25. The van der Waals surface area contributed by atoms with Gasteiger partial charge in [-0.1, -0.05) is 38.1 Å². The maximum atomic E-state index is 12.7. The lowest BCUT2D eigenvalue weighted by Gasteiger charge is -2.40. The van der Waals surface area contributed by atoms with E-state index in [1.165, 1.54) is 16.7 Å². The molecule has 2 heterocycles. The van der Waals surface area contributed by atoms with Crippen LogP contribution in [0, 0.1) is 6.92 Å². The Labute approximate surface area is 187 Å². The van der Waals surface area contributed by atoms with Gasteiger partial charge in [0.15, 0.2) is 0 Å². The molecule has 0 bridgehead atoms. The molecule has 0 atom stereocenters. The van der Waals surface area contributed by atoms with Crippen molar-refractivity contribution >= 4 is 11.5 Å². The SMILES string of the molecule is CC.CCN(CC)C(=O)c1ccc(C2=CC3(CCNCC3)Oc3cccc(C)c32)cc1. The minimum absolute atomic E-state index is 0.0916. The summed E-state index contributed by atoms with van der Waals surface area (Å²) in [5.74, 6) is 1.06. The molecule has 4 heteroatoms. The lowest BCUT2D eigenvalue weighted by atomic mass is 9.82. The van der Waals surface area contributed by atoms with Crippen molar-refractivity contribution in [3.8, 4) is 5.75 Å². The Balaban J connectivity index is 0.00000132. The summed E-state index contributed by atoms with van der Waals surface area (Å²) in [5, 5.41) is 3.44. The van der Waals surface area contributed by atoms with E-state index in [1.54, 1.807) is 0 Å². The first-order valence-electron chi connectivity index (χ1n) is 11.7. The summed E-state index contributed by atoms with van der Waals surface area (Å²) >= 11 is 0. The molecule has 166 valence electrons. The topological polar surface area (TPSA) is 41.6 Å². The van der Waals surface area contributed by atoms with Crippen LogP contribution in [0.25, 0.3) is 5.57 Å². The number of ether oxygens (including phenoxy) is 1. The number of rotatable bonds is 4. The quantitative estimate of drug-likeness (QED) is 0.715. The summed E-state index contributed by atoms with van der Waals surface area (Å²) < 4.78 is 6.54. The second-order valence-corrected chi connectivity index (χ2v) is 7.98. The van der Waals surface area contributed by atoms with E-state index in [1.807, 2.05) is 44.7 Å². The van der Waals surface area contributed by atoms with Gasteiger partial charge in [0.25, 0.3) is 5.91 Å². The first kappa shape index (κ1) is 23.1. The van der Waals surface area contributed by atoms with Crippen molar-refractivity contribution in [3.63, 3.8) is 0 Å². The number of carbonyl (C=O) groups is 1. The van der Waals surface area contributed by atoms with Crippen LogP contribution in [0.5, 0.6) is 5.75 Å². The summed E-state index contributed by atoms with van der Waals surface area (Å²) in [5.41, 5.74) is 5.22. The number of hydrogen-bond donors (Lipinski definition) is 1. The van der Waals surface area contributed by atoms with Gasteiger partial charge in [0.05, 0.1) is 0 Å². The summed E-state index contributed by atoms with van der Waals surface area (Å²) in [6.45, 7) is 13.5. The number of hydrogen-bond acceptors (Lipinski definition) is 3. The predicted molar refractivity (Wildman–Crippen MR) is 129 cm³/mol. The van der Waals surface area contributed by atoms with E-state index >= 15 is 0 Å². The molecule has 1 spiro atoms. The number of nitrogens with zero attached hydrogens (tertiary/aromatic N) is 1. The van der Waals surface area contributed by atoms with Crippen molar-refractivity contribution in [1.82, 2.24) is 10.2 Å². The van der Waals surface area contributed by atoms with Crippen molar-refractivity contribution < 1.29 is 9.53 Å². The number of amides is 1. The molecule has 0 saturated carbocycles. The highest BCUT2D eigenvalue weighted by atomic mass is 16.5. The fourth-order valence-electron chi connectivity index (χ4n) is 4.46. The Hall–Kier alpha value is -2.59. The molecule has 2 aromatic rings. The zero-order chi connectivity index (χ0) is 22.4. The van der Waals surface area contributed by atoms with Gasteiger partial charge in [0.2, 0.25) is 0 Å². The molecular formula is C27H36N2O2.